The predicted octanol–water partition coefficient (Wildman–Crippen LogP) is 6.09. The van der Waals surface area contributed by atoms with Crippen LogP contribution in [-0.4, -0.2) is 34.1 Å². The molecule has 0 aliphatic rings. The topological polar surface area (TPSA) is 60.7 Å². The minimum absolute atomic E-state index is 0.203. The normalized spacial score (nSPS) is 12.2. The number of terminal acetylenes is 1. The van der Waals surface area contributed by atoms with Gasteiger partial charge in [-0.25, -0.2) is 0 Å². The van der Waals surface area contributed by atoms with Crippen molar-refractivity contribution >= 4 is 0 Å². The Kier molecular flexibility index (Phi) is 25.9. The first-order valence-corrected chi connectivity index (χ1v) is 13.4. The molecule has 3 N–H and O–H groups in total. The van der Waals surface area contributed by atoms with Crippen LogP contribution >= 0.6 is 0 Å². The van der Waals surface area contributed by atoms with Crippen molar-refractivity contribution in [2.24, 2.45) is 0 Å². The number of aliphatic hydroxyl groups is 3. The summed E-state index contributed by atoms with van der Waals surface area (Å²) in [5.74, 6) is 17.5. The van der Waals surface area contributed by atoms with E-state index in [1.165, 1.54) is 83.5 Å². The zero-order valence-electron chi connectivity index (χ0n) is 21.6. The molecule has 3 heteroatoms. The molecule has 0 saturated carbocycles. The largest absolute Gasteiger partial charge is 0.384 e. The van der Waals surface area contributed by atoms with Gasteiger partial charge in [-0.15, -0.1) is 6.42 Å². The zero-order valence-corrected chi connectivity index (χ0v) is 21.6. The van der Waals surface area contributed by atoms with Crippen molar-refractivity contribution in [3.8, 4) is 47.9 Å². The summed E-state index contributed by atoms with van der Waals surface area (Å²) in [6.07, 6.45) is 32.4. The van der Waals surface area contributed by atoms with Gasteiger partial charge in [0.05, 0.1) is 0 Å². The van der Waals surface area contributed by atoms with Crippen LogP contribution in [0.15, 0.2) is 24.3 Å². The number of rotatable bonds is 20. The molecule has 35 heavy (non-hydrogen) atoms. The maximum absolute atomic E-state index is 9.78. The molecule has 0 heterocycles. The van der Waals surface area contributed by atoms with Crippen LogP contribution < -0.4 is 0 Å². The van der Waals surface area contributed by atoms with E-state index < -0.39 is 12.2 Å². The van der Waals surface area contributed by atoms with Gasteiger partial charge >= 0.3 is 0 Å². The summed E-state index contributed by atoms with van der Waals surface area (Å²) < 4.78 is 0. The zero-order chi connectivity index (χ0) is 25.7. The van der Waals surface area contributed by atoms with Crippen molar-refractivity contribution < 1.29 is 15.3 Å². The second kappa shape index (κ2) is 27.8. The van der Waals surface area contributed by atoms with Gasteiger partial charge in [-0.2, -0.15) is 0 Å². The summed E-state index contributed by atoms with van der Waals surface area (Å²) in [6, 6.07) is 0. The first-order chi connectivity index (χ1) is 17.2. The van der Waals surface area contributed by atoms with Crippen molar-refractivity contribution in [3.05, 3.63) is 24.3 Å². The van der Waals surface area contributed by atoms with Crippen LogP contribution in [0.2, 0.25) is 0 Å². The van der Waals surface area contributed by atoms with Gasteiger partial charge in [-0.05, 0) is 81.1 Å². The molecule has 2 atom stereocenters. The lowest BCUT2D eigenvalue weighted by molar-refractivity contribution is 0.217. The number of hydrogen-bond acceptors (Lipinski definition) is 3. The summed E-state index contributed by atoms with van der Waals surface area (Å²) in [6.45, 7) is -0.203. The fraction of sp³-hybridized carbons (Fsp3) is 0.625. The predicted molar refractivity (Wildman–Crippen MR) is 148 cm³/mol. The van der Waals surface area contributed by atoms with Gasteiger partial charge in [-0.3, -0.25) is 0 Å². The van der Waals surface area contributed by atoms with Crippen LogP contribution in [0.25, 0.3) is 0 Å². The molecule has 0 aromatic rings. The monoisotopic (exact) mass is 478 g/mol. The second-order valence-electron chi connectivity index (χ2n) is 8.76. The van der Waals surface area contributed by atoms with Crippen LogP contribution in [0, 0.1) is 47.9 Å². The minimum atomic E-state index is -0.730. The van der Waals surface area contributed by atoms with E-state index in [-0.39, 0.29) is 6.61 Å². The number of allylic oxidation sites excluding steroid dienone is 3. The fourth-order valence-corrected chi connectivity index (χ4v) is 3.57. The highest BCUT2D eigenvalue weighted by atomic mass is 16.3. The quantitative estimate of drug-likeness (QED) is 0.113. The van der Waals surface area contributed by atoms with E-state index in [2.05, 4.69) is 53.6 Å². The van der Waals surface area contributed by atoms with Gasteiger partial charge in [0.1, 0.15) is 18.8 Å². The summed E-state index contributed by atoms with van der Waals surface area (Å²) in [5.41, 5.74) is 0. The van der Waals surface area contributed by atoms with Gasteiger partial charge < -0.3 is 15.3 Å². The van der Waals surface area contributed by atoms with Gasteiger partial charge in [-0.1, -0.05) is 93.8 Å². The lowest BCUT2D eigenvalue weighted by Gasteiger charge is -2.03. The number of unbranched alkanes of at least 4 members (excludes halogenated alkanes) is 14. The van der Waals surface area contributed by atoms with Gasteiger partial charge in [0.2, 0.25) is 0 Å². The van der Waals surface area contributed by atoms with Gasteiger partial charge in [0, 0.05) is 0 Å². The molecular formula is C32H46O3. The van der Waals surface area contributed by atoms with Crippen LogP contribution in [0.3, 0.4) is 0 Å². The Morgan fingerprint density at radius 1 is 0.600 bits per heavy atom. The third-order valence-electron chi connectivity index (χ3n) is 5.59. The molecule has 3 nitrogen and oxygen atoms in total. The molecular weight excluding hydrogens is 432 g/mol. The van der Waals surface area contributed by atoms with Crippen LogP contribution in [0.4, 0.5) is 0 Å². The lowest BCUT2D eigenvalue weighted by atomic mass is 10.1. The molecule has 0 spiro atoms. The average molecular weight is 479 g/mol. The smallest absolute Gasteiger partial charge is 0.133 e. The van der Waals surface area contributed by atoms with E-state index in [4.69, 9.17) is 11.5 Å². The van der Waals surface area contributed by atoms with E-state index in [9.17, 15) is 10.2 Å². The van der Waals surface area contributed by atoms with Crippen molar-refractivity contribution in [1.29, 1.82) is 0 Å². The van der Waals surface area contributed by atoms with Gasteiger partial charge in [0.25, 0.3) is 0 Å². The minimum Gasteiger partial charge on any atom is -0.384 e. The lowest BCUT2D eigenvalue weighted by Crippen LogP contribution is -2.01. The van der Waals surface area contributed by atoms with E-state index in [0.29, 0.717) is 6.42 Å². The van der Waals surface area contributed by atoms with Crippen molar-refractivity contribution in [2.75, 3.05) is 6.61 Å². The molecule has 0 saturated heterocycles. The molecule has 192 valence electrons. The Balaban J connectivity index is 3.36. The summed E-state index contributed by atoms with van der Waals surface area (Å²) in [7, 11) is 0. The Labute approximate surface area is 215 Å². The maximum atomic E-state index is 9.78. The van der Waals surface area contributed by atoms with E-state index in [0.717, 1.165) is 19.3 Å². The third kappa shape index (κ3) is 27.7. The second-order valence-corrected chi connectivity index (χ2v) is 8.76. The van der Waals surface area contributed by atoms with Crippen LogP contribution in [-0.2, 0) is 0 Å². The standard InChI is InChI=1S/C32H46O3/c1-2-31(34)27-23-19-16-14-12-10-8-6-4-3-5-7-9-11-13-15-17-20-24-28-32(35)29-25-21-18-22-26-30-33/h1,7,9,23,27,31-35H,3-6,8,10-17,19-20,24,28,30H2/b9-7?,27-23+/t31-,32-/m0/s1. The first-order valence-electron chi connectivity index (χ1n) is 13.4. The Hall–Kier alpha value is -2.40. The highest BCUT2D eigenvalue weighted by Gasteiger charge is 1.98. The molecule has 0 fully saturated rings. The Morgan fingerprint density at radius 3 is 1.63 bits per heavy atom. The van der Waals surface area contributed by atoms with Crippen LogP contribution in [0.1, 0.15) is 109 Å². The maximum Gasteiger partial charge on any atom is 0.133 e. The van der Waals surface area contributed by atoms with E-state index in [1.54, 1.807) is 6.08 Å². The van der Waals surface area contributed by atoms with Crippen molar-refractivity contribution in [1.82, 2.24) is 0 Å². The molecule has 0 rings (SSSR count). The van der Waals surface area contributed by atoms with Gasteiger partial charge in [0.15, 0.2) is 0 Å². The van der Waals surface area contributed by atoms with Crippen molar-refractivity contribution in [2.45, 2.75) is 121 Å². The molecule has 0 radical (unpaired) electrons. The average Bonchev–Trinajstić information content (AvgIpc) is 2.86. The molecule has 0 aliphatic heterocycles. The summed E-state index contributed by atoms with van der Waals surface area (Å²) in [4.78, 5) is 0. The fourth-order valence-electron chi connectivity index (χ4n) is 3.57. The van der Waals surface area contributed by atoms with Crippen LogP contribution in [0.5, 0.6) is 0 Å². The Morgan fingerprint density at radius 2 is 1.09 bits per heavy atom. The summed E-state index contributed by atoms with van der Waals surface area (Å²) >= 11 is 0. The van der Waals surface area contributed by atoms with Crippen molar-refractivity contribution in [3.63, 3.8) is 0 Å². The molecule has 0 unspecified atom stereocenters. The molecule has 0 amide bonds. The molecule has 0 aromatic heterocycles. The third-order valence-corrected chi connectivity index (χ3v) is 5.59. The highest BCUT2D eigenvalue weighted by molar-refractivity contribution is 5.36. The highest BCUT2D eigenvalue weighted by Crippen LogP contribution is 2.12. The number of aliphatic hydroxyl groups excluding tert-OH is 3. The Bertz CT molecular complexity index is 767. The van der Waals surface area contributed by atoms with E-state index in [1.807, 2.05) is 6.08 Å². The summed E-state index contributed by atoms with van der Waals surface area (Å²) in [5, 5.41) is 27.5. The molecule has 0 aliphatic carbocycles. The van der Waals surface area contributed by atoms with E-state index >= 15 is 0 Å². The molecule has 0 aromatic carbocycles. The SMILES string of the molecule is C#C[C@H](O)/C=C/CCCCCCCCCCC=CCCCCCCC[C@H](O)C#CC#CC#CCO. The first kappa shape index (κ1) is 32.6. The molecule has 0 bridgehead atoms. The number of hydrogen-bond donors (Lipinski definition) is 3.